The number of pyridine rings is 1. The summed E-state index contributed by atoms with van der Waals surface area (Å²) in [6, 6.07) is 7.77. The number of hydrogen-bond donors (Lipinski definition) is 1. The summed E-state index contributed by atoms with van der Waals surface area (Å²) < 4.78 is 38.9. The van der Waals surface area contributed by atoms with Gasteiger partial charge in [-0.25, -0.2) is 0 Å². The molecule has 2 aromatic rings. The van der Waals surface area contributed by atoms with E-state index < -0.39 is 17.7 Å². The monoisotopic (exact) mass is 238 g/mol. The Morgan fingerprint density at radius 2 is 1.71 bits per heavy atom. The Hall–Kier alpha value is -2.04. The highest BCUT2D eigenvalue weighted by Gasteiger charge is 2.12. The molecule has 17 heavy (non-hydrogen) atoms. The van der Waals surface area contributed by atoms with Gasteiger partial charge in [-0.05, 0) is 19.1 Å². The largest absolute Gasteiger partial charge is 0.353 e. The second kappa shape index (κ2) is 4.45. The highest BCUT2D eigenvalue weighted by Crippen LogP contribution is 2.21. The van der Waals surface area contributed by atoms with Crippen molar-refractivity contribution in [3.8, 4) is 0 Å². The van der Waals surface area contributed by atoms with Gasteiger partial charge in [-0.2, -0.15) is 18.2 Å². The Morgan fingerprint density at radius 1 is 1.06 bits per heavy atom. The van der Waals surface area contributed by atoms with Crippen LogP contribution in [-0.4, -0.2) is 4.98 Å². The fourth-order valence-electron chi connectivity index (χ4n) is 1.35. The van der Waals surface area contributed by atoms with Crippen molar-refractivity contribution in [2.75, 3.05) is 5.32 Å². The minimum atomic E-state index is -1.46. The van der Waals surface area contributed by atoms with Crippen molar-refractivity contribution in [3.63, 3.8) is 0 Å². The first-order chi connectivity index (χ1) is 8.06. The number of hydrogen-bond acceptors (Lipinski definition) is 2. The first-order valence-electron chi connectivity index (χ1n) is 4.91. The van der Waals surface area contributed by atoms with Gasteiger partial charge in [0.15, 0.2) is 0 Å². The molecule has 0 aliphatic rings. The van der Waals surface area contributed by atoms with Gasteiger partial charge in [0.05, 0.1) is 5.69 Å². The summed E-state index contributed by atoms with van der Waals surface area (Å²) in [7, 11) is 0. The number of halogens is 3. The third-order valence-corrected chi connectivity index (χ3v) is 2.22. The molecule has 1 N–H and O–H groups in total. The first-order valence-corrected chi connectivity index (χ1v) is 4.91. The molecule has 0 bridgehead atoms. The predicted molar refractivity (Wildman–Crippen MR) is 58.6 cm³/mol. The second-order valence-electron chi connectivity index (χ2n) is 3.59. The zero-order valence-corrected chi connectivity index (χ0v) is 8.97. The van der Waals surface area contributed by atoms with E-state index in [-0.39, 0.29) is 5.69 Å². The van der Waals surface area contributed by atoms with Crippen molar-refractivity contribution in [2.24, 2.45) is 0 Å². The van der Waals surface area contributed by atoms with Crippen LogP contribution >= 0.6 is 0 Å². The van der Waals surface area contributed by atoms with Crippen molar-refractivity contribution >= 4 is 11.4 Å². The van der Waals surface area contributed by atoms with Gasteiger partial charge < -0.3 is 5.32 Å². The molecule has 0 saturated carbocycles. The molecular weight excluding hydrogens is 229 g/mol. The number of aromatic nitrogens is 1. The van der Waals surface area contributed by atoms with Gasteiger partial charge >= 0.3 is 0 Å². The quantitative estimate of drug-likeness (QED) is 0.809. The number of benzene rings is 1. The lowest BCUT2D eigenvalue weighted by atomic mass is 10.2. The van der Waals surface area contributed by atoms with Crippen LogP contribution in [0.4, 0.5) is 24.5 Å². The van der Waals surface area contributed by atoms with Crippen molar-refractivity contribution in [3.05, 3.63) is 53.6 Å². The van der Waals surface area contributed by atoms with Crippen LogP contribution in [0.1, 0.15) is 5.56 Å². The van der Waals surface area contributed by atoms with E-state index in [4.69, 9.17) is 0 Å². The Balaban J connectivity index is 2.32. The molecule has 0 spiro atoms. The summed E-state index contributed by atoms with van der Waals surface area (Å²) in [4.78, 5) is 2.74. The Labute approximate surface area is 96.1 Å². The molecule has 2 rings (SSSR count). The molecule has 0 atom stereocenters. The molecule has 88 valence electrons. The van der Waals surface area contributed by atoms with Gasteiger partial charge in [-0.15, -0.1) is 0 Å². The molecule has 0 unspecified atom stereocenters. The third kappa shape index (κ3) is 2.55. The average Bonchev–Trinajstić information content (AvgIpc) is 2.28. The molecule has 1 aromatic carbocycles. The topological polar surface area (TPSA) is 24.9 Å². The Kier molecular flexibility index (Phi) is 2.99. The van der Waals surface area contributed by atoms with E-state index >= 15 is 0 Å². The normalized spacial score (nSPS) is 10.4. The van der Waals surface area contributed by atoms with E-state index in [2.05, 4.69) is 10.3 Å². The molecule has 2 nitrogen and oxygen atoms in total. The lowest BCUT2D eigenvalue weighted by molar-refractivity contribution is 0.450. The number of aryl methyl sites for hydroxylation is 1. The minimum Gasteiger partial charge on any atom is -0.353 e. The standard InChI is InChI=1S/C12H9F3N2/c1-7-2-4-8(5-3-7)16-9-6-10(13)17-12(15)11(9)14/h2-6H,1H3,(H,16,17). The van der Waals surface area contributed by atoms with E-state index in [0.717, 1.165) is 11.6 Å². The zero-order chi connectivity index (χ0) is 12.4. The molecule has 0 fully saturated rings. The smallest absolute Gasteiger partial charge is 0.253 e. The molecule has 0 saturated heterocycles. The molecular formula is C12H9F3N2. The summed E-state index contributed by atoms with van der Waals surface area (Å²) in [5, 5.41) is 2.59. The maximum absolute atomic E-state index is 13.3. The molecule has 1 heterocycles. The summed E-state index contributed by atoms with van der Waals surface area (Å²) in [5.41, 5.74) is 1.29. The average molecular weight is 238 g/mol. The summed E-state index contributed by atoms with van der Waals surface area (Å²) >= 11 is 0. The van der Waals surface area contributed by atoms with Crippen molar-refractivity contribution in [1.82, 2.24) is 4.98 Å². The first kappa shape index (κ1) is 11.4. The van der Waals surface area contributed by atoms with E-state index in [1.165, 1.54) is 0 Å². The summed E-state index contributed by atoms with van der Waals surface area (Å²) in [5.74, 6) is -3.73. The van der Waals surface area contributed by atoms with E-state index in [1.807, 2.05) is 6.92 Å². The Bertz CT molecular complexity index is 538. The van der Waals surface area contributed by atoms with Gasteiger partial charge in [0.1, 0.15) is 0 Å². The number of nitrogens with one attached hydrogen (secondary N) is 1. The van der Waals surface area contributed by atoms with Crippen LogP contribution in [0.15, 0.2) is 30.3 Å². The second-order valence-corrected chi connectivity index (χ2v) is 3.59. The summed E-state index contributed by atoms with van der Waals surface area (Å²) in [6.45, 7) is 1.90. The van der Waals surface area contributed by atoms with Gasteiger partial charge in [0.25, 0.3) is 5.95 Å². The van der Waals surface area contributed by atoms with E-state index in [9.17, 15) is 13.2 Å². The van der Waals surface area contributed by atoms with Crippen LogP contribution in [0.3, 0.4) is 0 Å². The van der Waals surface area contributed by atoms with Gasteiger partial charge in [-0.3, -0.25) is 0 Å². The molecule has 0 aliphatic carbocycles. The van der Waals surface area contributed by atoms with Crippen LogP contribution in [0.25, 0.3) is 0 Å². The highest BCUT2D eigenvalue weighted by molar-refractivity contribution is 5.59. The molecule has 0 aliphatic heterocycles. The lowest BCUT2D eigenvalue weighted by Crippen LogP contribution is -2.00. The third-order valence-electron chi connectivity index (χ3n) is 2.22. The molecule has 5 heteroatoms. The van der Waals surface area contributed by atoms with Gasteiger partial charge in [-0.1, -0.05) is 17.7 Å². The minimum absolute atomic E-state index is 0.279. The SMILES string of the molecule is Cc1ccc(Nc2cc(F)nc(F)c2F)cc1. The maximum Gasteiger partial charge on any atom is 0.253 e. The predicted octanol–water partition coefficient (Wildman–Crippen LogP) is 3.55. The lowest BCUT2D eigenvalue weighted by Gasteiger charge is -2.08. The molecule has 0 amide bonds. The maximum atomic E-state index is 13.3. The zero-order valence-electron chi connectivity index (χ0n) is 8.97. The van der Waals surface area contributed by atoms with Crippen LogP contribution in [0.5, 0.6) is 0 Å². The van der Waals surface area contributed by atoms with Crippen LogP contribution in [0.2, 0.25) is 0 Å². The van der Waals surface area contributed by atoms with Crippen molar-refractivity contribution < 1.29 is 13.2 Å². The molecule has 1 aromatic heterocycles. The number of nitrogens with zero attached hydrogens (tertiary/aromatic N) is 1. The van der Waals surface area contributed by atoms with E-state index in [0.29, 0.717) is 5.69 Å². The van der Waals surface area contributed by atoms with Crippen LogP contribution in [0, 0.1) is 24.6 Å². The molecule has 0 radical (unpaired) electrons. The van der Waals surface area contributed by atoms with E-state index in [1.54, 1.807) is 24.3 Å². The fraction of sp³-hybridized carbons (Fsp3) is 0.0833. The summed E-state index contributed by atoms with van der Waals surface area (Å²) in [6.07, 6.45) is 0. The fourth-order valence-corrected chi connectivity index (χ4v) is 1.35. The number of anilines is 2. The highest BCUT2D eigenvalue weighted by atomic mass is 19.2. The van der Waals surface area contributed by atoms with Crippen molar-refractivity contribution in [1.29, 1.82) is 0 Å². The van der Waals surface area contributed by atoms with Crippen LogP contribution < -0.4 is 5.32 Å². The number of rotatable bonds is 2. The Morgan fingerprint density at radius 3 is 2.35 bits per heavy atom. The van der Waals surface area contributed by atoms with Gasteiger partial charge in [0, 0.05) is 11.8 Å². The van der Waals surface area contributed by atoms with Crippen molar-refractivity contribution in [2.45, 2.75) is 6.92 Å². The van der Waals surface area contributed by atoms with Crippen LogP contribution in [-0.2, 0) is 0 Å². The van der Waals surface area contributed by atoms with Gasteiger partial charge in [0.2, 0.25) is 11.8 Å².